The van der Waals surface area contributed by atoms with Crippen LogP contribution in [0, 0.1) is 3.57 Å². The molecule has 2 rings (SSSR count). The lowest BCUT2D eigenvalue weighted by Crippen LogP contribution is -2.09. The van der Waals surface area contributed by atoms with Crippen molar-refractivity contribution in [2.45, 2.75) is 11.9 Å². The fraction of sp³-hybridized carbons (Fsp3) is 0.200. The first-order valence-electron chi connectivity index (χ1n) is 4.85. The molecule has 17 heavy (non-hydrogen) atoms. The molecule has 2 aromatic rings. The number of pyridine rings is 1. The third kappa shape index (κ3) is 2.08. The molecule has 0 aliphatic carbocycles. The van der Waals surface area contributed by atoms with E-state index in [2.05, 4.69) is 27.6 Å². The first kappa shape index (κ1) is 12.5. The van der Waals surface area contributed by atoms with Crippen molar-refractivity contribution in [2.75, 3.05) is 5.75 Å². The average Bonchev–Trinajstić information content (AvgIpc) is 2.67. The lowest BCUT2D eigenvalue weighted by molar-refractivity contribution is 0.111. The van der Waals surface area contributed by atoms with E-state index in [4.69, 9.17) is 0 Å². The van der Waals surface area contributed by atoms with Crippen molar-refractivity contribution in [3.63, 3.8) is 0 Å². The molecule has 0 radical (unpaired) electrons. The van der Waals surface area contributed by atoms with Crippen molar-refractivity contribution in [1.82, 2.24) is 9.38 Å². The molecule has 90 valence electrons. The highest BCUT2D eigenvalue weighted by Gasteiger charge is 2.23. The Morgan fingerprint density at radius 2 is 2.24 bits per heavy atom. The number of carbonyl (C=O) groups is 1. The summed E-state index contributed by atoms with van der Waals surface area (Å²) in [5.74, 6) is -0.0619. The summed E-state index contributed by atoms with van der Waals surface area (Å²) in [5.41, 5.74) is 0.430. The van der Waals surface area contributed by atoms with Crippen molar-refractivity contribution in [3.8, 4) is 0 Å². The second-order valence-corrected chi connectivity index (χ2v) is 6.84. The predicted octanol–water partition coefficient (Wildman–Crippen LogP) is 1.55. The maximum atomic E-state index is 11.9. The molecule has 0 bridgehead atoms. The molecule has 2 aromatic heterocycles. The second kappa shape index (κ2) is 4.37. The number of aldehydes is 1. The van der Waals surface area contributed by atoms with Crippen LogP contribution < -0.4 is 0 Å². The molecule has 0 saturated heterocycles. The minimum absolute atomic E-state index is 0.0265. The first-order valence-corrected chi connectivity index (χ1v) is 7.58. The van der Waals surface area contributed by atoms with Gasteiger partial charge >= 0.3 is 0 Å². The first-order chi connectivity index (χ1) is 7.99. The summed E-state index contributed by atoms with van der Waals surface area (Å²) in [6.45, 7) is 1.54. The van der Waals surface area contributed by atoms with E-state index in [1.54, 1.807) is 18.3 Å². The molecule has 0 aliphatic heterocycles. The molecule has 0 aliphatic rings. The monoisotopic (exact) mass is 364 g/mol. The van der Waals surface area contributed by atoms with Gasteiger partial charge < -0.3 is 0 Å². The Kier molecular flexibility index (Phi) is 3.21. The number of aromatic nitrogens is 2. The lowest BCUT2D eigenvalue weighted by atomic mass is 10.5. The topological polar surface area (TPSA) is 68.5 Å². The van der Waals surface area contributed by atoms with Gasteiger partial charge in [-0.3, -0.25) is 9.20 Å². The van der Waals surface area contributed by atoms with E-state index in [1.165, 1.54) is 11.3 Å². The maximum Gasteiger partial charge on any atom is 0.196 e. The number of halogens is 1. The number of hydrogen-bond acceptors (Lipinski definition) is 4. The Hall–Kier alpha value is -0.960. The van der Waals surface area contributed by atoms with Crippen LogP contribution >= 0.6 is 22.6 Å². The number of carbonyl (C=O) groups excluding carboxylic acids is 1. The van der Waals surface area contributed by atoms with E-state index in [1.807, 2.05) is 0 Å². The molecule has 5 nitrogen and oxygen atoms in total. The normalized spacial score (nSPS) is 11.9. The molecule has 2 heterocycles. The summed E-state index contributed by atoms with van der Waals surface area (Å²) in [7, 11) is -3.47. The number of nitrogens with zero attached hydrogens (tertiary/aromatic N) is 2. The van der Waals surface area contributed by atoms with Gasteiger partial charge in [-0.2, -0.15) is 0 Å². The van der Waals surface area contributed by atoms with Crippen LogP contribution in [0.25, 0.3) is 5.65 Å². The molecule has 0 aromatic carbocycles. The van der Waals surface area contributed by atoms with Crippen LogP contribution in [0.5, 0.6) is 0 Å². The molecular weight excluding hydrogens is 355 g/mol. The van der Waals surface area contributed by atoms with Gasteiger partial charge in [0.1, 0.15) is 11.3 Å². The van der Waals surface area contributed by atoms with Gasteiger partial charge in [-0.15, -0.1) is 0 Å². The van der Waals surface area contributed by atoms with E-state index in [0.29, 0.717) is 11.9 Å². The molecular formula is C10H9IN2O3S. The zero-order valence-corrected chi connectivity index (χ0v) is 11.9. The second-order valence-electron chi connectivity index (χ2n) is 3.40. The van der Waals surface area contributed by atoms with Gasteiger partial charge in [0.25, 0.3) is 0 Å². The Morgan fingerprint density at radius 3 is 2.82 bits per heavy atom. The van der Waals surface area contributed by atoms with Crippen LogP contribution in [-0.4, -0.2) is 29.8 Å². The predicted molar refractivity (Wildman–Crippen MR) is 71.0 cm³/mol. The van der Waals surface area contributed by atoms with Crippen molar-refractivity contribution >= 4 is 44.4 Å². The summed E-state index contributed by atoms with van der Waals surface area (Å²) in [5, 5.41) is -0.0265. The van der Waals surface area contributed by atoms with Crippen LogP contribution in [0.1, 0.15) is 17.4 Å². The molecule has 0 N–H and O–H groups in total. The highest BCUT2D eigenvalue weighted by molar-refractivity contribution is 14.1. The summed E-state index contributed by atoms with van der Waals surface area (Å²) < 4.78 is 26.2. The summed E-state index contributed by atoms with van der Waals surface area (Å²) >= 11 is 2.10. The summed E-state index contributed by atoms with van der Waals surface area (Å²) in [4.78, 5) is 14.9. The van der Waals surface area contributed by atoms with Crippen molar-refractivity contribution in [2.24, 2.45) is 0 Å². The molecule has 0 atom stereocenters. The fourth-order valence-corrected chi connectivity index (χ4v) is 3.12. The van der Waals surface area contributed by atoms with E-state index >= 15 is 0 Å². The lowest BCUT2D eigenvalue weighted by Gasteiger charge is -2.02. The smallest absolute Gasteiger partial charge is 0.196 e. The van der Waals surface area contributed by atoms with E-state index < -0.39 is 9.84 Å². The minimum atomic E-state index is -3.47. The van der Waals surface area contributed by atoms with Crippen LogP contribution in [0.2, 0.25) is 0 Å². The number of fused-ring (bicyclic) bond motifs is 1. The SMILES string of the molecule is CCS(=O)(=O)c1c(C=O)nc2cc(I)ccn12. The standard InChI is InChI=1S/C10H9IN2O3S/c1-2-17(15,16)10-8(6-14)12-9-5-7(11)3-4-13(9)10/h3-6H,2H2,1H3. The molecule has 0 saturated carbocycles. The van der Waals surface area contributed by atoms with Gasteiger partial charge in [-0.1, -0.05) is 6.92 Å². The van der Waals surface area contributed by atoms with E-state index in [9.17, 15) is 13.2 Å². The Morgan fingerprint density at radius 1 is 1.53 bits per heavy atom. The quantitative estimate of drug-likeness (QED) is 0.612. The number of rotatable bonds is 3. The van der Waals surface area contributed by atoms with Crippen LogP contribution in [-0.2, 0) is 9.84 Å². The van der Waals surface area contributed by atoms with Crippen LogP contribution in [0.3, 0.4) is 0 Å². The molecule has 0 amide bonds. The van der Waals surface area contributed by atoms with Crippen LogP contribution in [0.15, 0.2) is 23.4 Å². The summed E-state index contributed by atoms with van der Waals surface area (Å²) in [6.07, 6.45) is 2.09. The summed E-state index contributed by atoms with van der Waals surface area (Å²) in [6, 6.07) is 3.49. The Labute approximate surface area is 112 Å². The van der Waals surface area contributed by atoms with E-state index in [-0.39, 0.29) is 16.5 Å². The minimum Gasteiger partial charge on any atom is -0.296 e. The zero-order valence-electron chi connectivity index (χ0n) is 8.92. The molecule has 0 unspecified atom stereocenters. The maximum absolute atomic E-state index is 11.9. The van der Waals surface area contributed by atoms with Crippen molar-refractivity contribution in [3.05, 3.63) is 27.6 Å². The molecule has 0 spiro atoms. The third-order valence-corrected chi connectivity index (χ3v) is 4.78. The van der Waals surface area contributed by atoms with Gasteiger partial charge in [-0.25, -0.2) is 13.4 Å². The molecule has 0 fully saturated rings. The zero-order chi connectivity index (χ0) is 12.6. The van der Waals surface area contributed by atoms with Gasteiger partial charge in [0.15, 0.2) is 21.1 Å². The van der Waals surface area contributed by atoms with Gasteiger partial charge in [-0.05, 0) is 34.7 Å². The number of sulfone groups is 1. The van der Waals surface area contributed by atoms with Gasteiger partial charge in [0.05, 0.1) is 5.75 Å². The average molecular weight is 364 g/mol. The number of imidazole rings is 1. The van der Waals surface area contributed by atoms with Gasteiger partial charge in [0, 0.05) is 9.77 Å². The number of hydrogen-bond donors (Lipinski definition) is 0. The Balaban J connectivity index is 2.90. The van der Waals surface area contributed by atoms with E-state index in [0.717, 1.165) is 3.57 Å². The molecule has 7 heteroatoms. The highest BCUT2D eigenvalue weighted by atomic mass is 127. The van der Waals surface area contributed by atoms with Crippen LogP contribution in [0.4, 0.5) is 0 Å². The fourth-order valence-electron chi connectivity index (χ4n) is 1.54. The van der Waals surface area contributed by atoms with Crippen molar-refractivity contribution < 1.29 is 13.2 Å². The van der Waals surface area contributed by atoms with Gasteiger partial charge in [0.2, 0.25) is 0 Å². The Bertz CT molecular complexity index is 691. The third-order valence-electron chi connectivity index (χ3n) is 2.36. The largest absolute Gasteiger partial charge is 0.296 e. The highest BCUT2D eigenvalue weighted by Crippen LogP contribution is 2.19. The van der Waals surface area contributed by atoms with Crippen molar-refractivity contribution in [1.29, 1.82) is 0 Å².